The SMILES string of the molecule is CC(=O)SCC1CC(=O)N(C2(CO)COC(C)(C)OC2)C1. The number of aliphatic hydroxyl groups is 1. The molecule has 1 amide bonds. The summed E-state index contributed by atoms with van der Waals surface area (Å²) in [5, 5.41) is 9.84. The Hall–Kier alpha value is -0.630. The van der Waals surface area contributed by atoms with Crippen molar-refractivity contribution in [1.29, 1.82) is 0 Å². The highest BCUT2D eigenvalue weighted by atomic mass is 32.2. The number of ether oxygens (including phenoxy) is 2. The molecule has 0 spiro atoms. The number of amides is 1. The minimum Gasteiger partial charge on any atom is -0.394 e. The number of rotatable bonds is 4. The third kappa shape index (κ3) is 3.77. The number of carbonyl (C=O) groups is 2. The molecule has 1 N–H and O–H groups in total. The second-order valence-corrected chi connectivity index (χ2v) is 7.43. The first-order valence-corrected chi connectivity index (χ1v) is 8.09. The molecule has 2 rings (SSSR count). The van der Waals surface area contributed by atoms with Gasteiger partial charge in [-0.3, -0.25) is 9.59 Å². The summed E-state index contributed by atoms with van der Waals surface area (Å²) in [6, 6.07) is 0. The van der Waals surface area contributed by atoms with Gasteiger partial charge in [-0.15, -0.1) is 0 Å². The predicted octanol–water partition coefficient (Wildman–Crippen LogP) is 0.629. The normalized spacial score (nSPS) is 27.9. The van der Waals surface area contributed by atoms with E-state index in [1.807, 2.05) is 13.8 Å². The Kier molecular flexibility index (Phi) is 4.97. The van der Waals surface area contributed by atoms with Crippen LogP contribution in [0.25, 0.3) is 0 Å². The van der Waals surface area contributed by atoms with Crippen LogP contribution in [-0.2, 0) is 19.1 Å². The van der Waals surface area contributed by atoms with Gasteiger partial charge in [0, 0.05) is 25.6 Å². The maximum absolute atomic E-state index is 12.3. The van der Waals surface area contributed by atoms with E-state index < -0.39 is 11.3 Å². The topological polar surface area (TPSA) is 76.1 Å². The van der Waals surface area contributed by atoms with Crippen molar-refractivity contribution in [2.45, 2.75) is 38.5 Å². The van der Waals surface area contributed by atoms with E-state index in [4.69, 9.17) is 9.47 Å². The van der Waals surface area contributed by atoms with Crippen LogP contribution in [0.1, 0.15) is 27.2 Å². The van der Waals surface area contributed by atoms with Gasteiger partial charge < -0.3 is 19.5 Å². The maximum atomic E-state index is 12.3. The highest BCUT2D eigenvalue weighted by molar-refractivity contribution is 8.13. The van der Waals surface area contributed by atoms with Gasteiger partial charge in [-0.05, 0) is 19.8 Å². The van der Waals surface area contributed by atoms with Gasteiger partial charge in [0.25, 0.3) is 0 Å². The summed E-state index contributed by atoms with van der Waals surface area (Å²) in [5.74, 6) is 0.0623. The van der Waals surface area contributed by atoms with E-state index in [2.05, 4.69) is 0 Å². The fourth-order valence-corrected chi connectivity index (χ4v) is 3.31. The van der Waals surface area contributed by atoms with Crippen molar-refractivity contribution in [3.63, 3.8) is 0 Å². The zero-order valence-corrected chi connectivity index (χ0v) is 13.6. The van der Waals surface area contributed by atoms with Crippen molar-refractivity contribution in [1.82, 2.24) is 4.90 Å². The molecule has 120 valence electrons. The lowest BCUT2D eigenvalue weighted by Crippen LogP contribution is -2.63. The Balaban J connectivity index is 2.02. The zero-order valence-electron chi connectivity index (χ0n) is 12.8. The first kappa shape index (κ1) is 16.7. The first-order chi connectivity index (χ1) is 9.78. The number of aliphatic hydroxyl groups excluding tert-OH is 1. The molecule has 2 aliphatic heterocycles. The number of hydrogen-bond donors (Lipinski definition) is 1. The fourth-order valence-electron chi connectivity index (χ4n) is 2.62. The van der Waals surface area contributed by atoms with Gasteiger partial charge in [-0.1, -0.05) is 11.8 Å². The second-order valence-electron chi connectivity index (χ2n) is 6.24. The van der Waals surface area contributed by atoms with Crippen LogP contribution in [0.3, 0.4) is 0 Å². The molecule has 0 radical (unpaired) electrons. The Morgan fingerprint density at radius 1 is 1.43 bits per heavy atom. The molecule has 0 aliphatic carbocycles. The van der Waals surface area contributed by atoms with Gasteiger partial charge >= 0.3 is 0 Å². The van der Waals surface area contributed by atoms with Crippen LogP contribution in [-0.4, -0.2) is 64.5 Å². The van der Waals surface area contributed by atoms with Crippen LogP contribution >= 0.6 is 11.8 Å². The molecule has 2 fully saturated rings. The summed E-state index contributed by atoms with van der Waals surface area (Å²) in [4.78, 5) is 25.0. The Bertz CT molecular complexity index is 416. The monoisotopic (exact) mass is 317 g/mol. The van der Waals surface area contributed by atoms with Gasteiger partial charge in [-0.25, -0.2) is 0 Å². The smallest absolute Gasteiger partial charge is 0.223 e. The molecule has 21 heavy (non-hydrogen) atoms. The quantitative estimate of drug-likeness (QED) is 0.819. The molecule has 1 atom stereocenters. The molecule has 2 heterocycles. The van der Waals surface area contributed by atoms with Crippen molar-refractivity contribution in [3.05, 3.63) is 0 Å². The molecule has 7 heteroatoms. The van der Waals surface area contributed by atoms with Crippen LogP contribution in [0.5, 0.6) is 0 Å². The minimum absolute atomic E-state index is 0.00916. The summed E-state index contributed by atoms with van der Waals surface area (Å²) in [5.41, 5.74) is -0.803. The molecule has 0 saturated carbocycles. The van der Waals surface area contributed by atoms with E-state index in [9.17, 15) is 14.7 Å². The van der Waals surface area contributed by atoms with E-state index in [0.717, 1.165) is 0 Å². The van der Waals surface area contributed by atoms with Gasteiger partial charge in [0.2, 0.25) is 5.91 Å². The third-order valence-electron chi connectivity index (χ3n) is 3.97. The standard InChI is InChI=1S/C14H23NO5S/c1-10(17)21-6-11-4-12(18)15(5-11)14(7-16)8-19-13(2,3)20-9-14/h11,16H,4-9H2,1-3H3. The third-order valence-corrected chi connectivity index (χ3v) is 5.02. The van der Waals surface area contributed by atoms with Gasteiger partial charge in [-0.2, -0.15) is 0 Å². The Labute approximate surface area is 129 Å². The molecule has 2 aliphatic rings. The average Bonchev–Trinajstić information content (AvgIpc) is 2.79. The van der Waals surface area contributed by atoms with Gasteiger partial charge in [0.15, 0.2) is 10.9 Å². The minimum atomic E-state index is -0.803. The van der Waals surface area contributed by atoms with Crippen molar-refractivity contribution >= 4 is 22.8 Å². The summed E-state index contributed by atoms with van der Waals surface area (Å²) in [6.07, 6.45) is 0.408. The molecule has 6 nitrogen and oxygen atoms in total. The highest BCUT2D eigenvalue weighted by Gasteiger charge is 2.49. The molecule has 0 aromatic heterocycles. The van der Waals surface area contributed by atoms with Crippen LogP contribution in [0.15, 0.2) is 0 Å². The molecular formula is C14H23NO5S. The number of thioether (sulfide) groups is 1. The van der Waals surface area contributed by atoms with Crippen molar-refractivity contribution < 1.29 is 24.2 Å². The van der Waals surface area contributed by atoms with Crippen LogP contribution in [0.4, 0.5) is 0 Å². The Morgan fingerprint density at radius 3 is 2.57 bits per heavy atom. The van der Waals surface area contributed by atoms with E-state index >= 15 is 0 Å². The first-order valence-electron chi connectivity index (χ1n) is 7.11. The summed E-state index contributed by atoms with van der Waals surface area (Å²) >= 11 is 1.24. The highest BCUT2D eigenvalue weighted by Crippen LogP contribution is 2.33. The molecule has 0 bridgehead atoms. The second kappa shape index (κ2) is 6.24. The molecule has 0 aromatic rings. The fraction of sp³-hybridized carbons (Fsp3) is 0.857. The lowest BCUT2D eigenvalue weighted by molar-refractivity contribution is -0.288. The van der Waals surface area contributed by atoms with E-state index in [0.29, 0.717) is 18.7 Å². The van der Waals surface area contributed by atoms with Gasteiger partial charge in [0.1, 0.15) is 5.54 Å². The summed E-state index contributed by atoms with van der Waals surface area (Å²) in [7, 11) is 0. The van der Waals surface area contributed by atoms with Crippen LogP contribution in [0.2, 0.25) is 0 Å². The van der Waals surface area contributed by atoms with E-state index in [1.54, 1.807) is 4.90 Å². The summed E-state index contributed by atoms with van der Waals surface area (Å²) in [6.45, 7) is 6.01. The predicted molar refractivity (Wildman–Crippen MR) is 78.8 cm³/mol. The molecule has 2 saturated heterocycles. The lowest BCUT2D eigenvalue weighted by atomic mass is 9.99. The van der Waals surface area contributed by atoms with E-state index in [-0.39, 0.29) is 36.8 Å². The largest absolute Gasteiger partial charge is 0.394 e. The van der Waals surface area contributed by atoms with Crippen LogP contribution in [0, 0.1) is 5.92 Å². The van der Waals surface area contributed by atoms with Crippen molar-refractivity contribution in [3.8, 4) is 0 Å². The van der Waals surface area contributed by atoms with Crippen molar-refractivity contribution in [2.75, 3.05) is 32.1 Å². The molecule has 0 aromatic carbocycles. The number of likely N-dealkylation sites (tertiary alicyclic amines) is 1. The van der Waals surface area contributed by atoms with Crippen molar-refractivity contribution in [2.24, 2.45) is 5.92 Å². The molecule has 1 unspecified atom stereocenters. The van der Waals surface area contributed by atoms with Crippen LogP contribution < -0.4 is 0 Å². The molecular weight excluding hydrogens is 294 g/mol. The van der Waals surface area contributed by atoms with Gasteiger partial charge in [0.05, 0.1) is 19.8 Å². The number of nitrogens with zero attached hydrogens (tertiary/aromatic N) is 1. The zero-order chi connectivity index (χ0) is 15.7. The lowest BCUT2D eigenvalue weighted by Gasteiger charge is -2.47. The number of hydrogen-bond acceptors (Lipinski definition) is 6. The maximum Gasteiger partial charge on any atom is 0.223 e. The van der Waals surface area contributed by atoms with E-state index in [1.165, 1.54) is 18.7 Å². The average molecular weight is 317 g/mol. The number of carbonyl (C=O) groups excluding carboxylic acids is 2. The Morgan fingerprint density at radius 2 is 2.05 bits per heavy atom. The summed E-state index contributed by atoms with van der Waals surface area (Å²) < 4.78 is 11.3.